The molecular formula is C76H63N5O2Pt. The second-order valence-corrected chi connectivity index (χ2v) is 23.4. The van der Waals surface area contributed by atoms with Crippen molar-refractivity contribution in [1.82, 2.24) is 24.1 Å². The van der Waals surface area contributed by atoms with E-state index in [-0.39, 0.29) is 44.7 Å². The Morgan fingerprint density at radius 2 is 0.905 bits per heavy atom. The summed E-state index contributed by atoms with van der Waals surface area (Å²) in [5, 5.41) is 5.06. The molecule has 0 unspecified atom stereocenters. The summed E-state index contributed by atoms with van der Waals surface area (Å²) < 4.78 is 19.1. The summed E-state index contributed by atoms with van der Waals surface area (Å²) in [7, 11) is 0. The molecule has 0 fully saturated rings. The van der Waals surface area contributed by atoms with Crippen LogP contribution in [0.3, 0.4) is 0 Å². The minimum atomic E-state index is 0. The van der Waals surface area contributed by atoms with Gasteiger partial charge in [0.2, 0.25) is 0 Å². The van der Waals surface area contributed by atoms with Crippen LogP contribution < -0.4 is 4.74 Å². The number of furan rings is 1. The summed E-state index contributed by atoms with van der Waals surface area (Å²) in [6.07, 6.45) is 0. The number of rotatable bonds is 12. The van der Waals surface area contributed by atoms with Crippen molar-refractivity contribution < 1.29 is 30.2 Å². The van der Waals surface area contributed by atoms with Gasteiger partial charge in [-0.25, -0.2) is 0 Å². The SMILES string of the molecule is Cc1nc2cc3c(cc2c2ccccc12)oc1c(-c2nc4ccccc4n2-c2c(C(C)C)cc(-c4ccccc4)cc2C(C)C)[c-]c(Oc2[c-]c(-c4nc5ccccc5n4-c4c(C(C)C)cc(-c5ccccc5)cc4C(C)C)ccc2)cc13.[Pt+2]. The van der Waals surface area contributed by atoms with Gasteiger partial charge in [-0.05, 0) is 141 Å². The Bertz CT molecular complexity index is 4800. The fraction of sp³-hybridized carbons (Fsp3) is 0.171. The van der Waals surface area contributed by atoms with Gasteiger partial charge >= 0.3 is 21.1 Å². The smallest absolute Gasteiger partial charge is 0.501 e. The van der Waals surface area contributed by atoms with E-state index in [9.17, 15) is 0 Å². The molecule has 0 amide bonds. The predicted octanol–water partition coefficient (Wildman–Crippen LogP) is 20.8. The number of imidazole rings is 2. The maximum atomic E-state index is 7.21. The predicted molar refractivity (Wildman–Crippen MR) is 343 cm³/mol. The first kappa shape index (κ1) is 54.4. The van der Waals surface area contributed by atoms with Gasteiger partial charge in [-0.3, -0.25) is 15.0 Å². The molecule has 0 aliphatic heterocycles. The van der Waals surface area contributed by atoms with Gasteiger partial charge in [0.25, 0.3) is 0 Å². The van der Waals surface area contributed by atoms with E-state index >= 15 is 0 Å². The molecule has 4 aromatic heterocycles. The molecule has 0 bridgehead atoms. The molecule has 0 spiro atoms. The first-order valence-electron chi connectivity index (χ1n) is 29.1. The first-order chi connectivity index (χ1) is 40.4. The van der Waals surface area contributed by atoms with Crippen LogP contribution in [0.1, 0.15) is 107 Å². The zero-order valence-corrected chi connectivity index (χ0v) is 50.9. The Morgan fingerprint density at radius 3 is 1.46 bits per heavy atom. The Hall–Kier alpha value is -8.90. The Balaban J connectivity index is 0.00000658. The van der Waals surface area contributed by atoms with Crippen molar-refractivity contribution >= 4 is 65.7 Å². The largest absolute Gasteiger partial charge is 2.00 e. The van der Waals surface area contributed by atoms with Crippen LogP contribution in [-0.4, -0.2) is 24.1 Å². The Morgan fingerprint density at radius 1 is 0.405 bits per heavy atom. The first-order valence-corrected chi connectivity index (χ1v) is 29.1. The number of hydrogen-bond acceptors (Lipinski definition) is 5. The molecule has 0 aliphatic carbocycles. The van der Waals surface area contributed by atoms with E-state index < -0.39 is 0 Å². The topological polar surface area (TPSA) is 70.9 Å². The Labute approximate surface area is 504 Å². The van der Waals surface area contributed by atoms with Gasteiger partial charge in [-0.1, -0.05) is 194 Å². The quantitative estimate of drug-likeness (QED) is 0.0900. The molecule has 0 saturated carbocycles. The molecule has 10 aromatic carbocycles. The van der Waals surface area contributed by atoms with E-state index in [0.29, 0.717) is 28.5 Å². The molecule has 0 aliphatic rings. The van der Waals surface area contributed by atoms with E-state index in [0.717, 1.165) is 88.6 Å². The standard InChI is InChI=1S/C76H63N5O2.Pt/c1-44(2)58-36-52(49-23-12-10-13-24-49)37-59(45(3)4)72(58)80-69-33-20-18-31-66(69)78-75(80)51-27-22-28-54(35-51)82-55-40-64-63-42-68-62(57-30-17-16-29-56(57)48(9)77-68)43-71(63)83-74(64)65(41-55)76-79-67-32-19-21-34-70(67)81(76)73-60(46(5)6)38-53(39-61(73)47(7)8)50-25-14-11-15-26-50;/h10-34,36-40,42-47H,1-9H3;/q-2;+2. The van der Waals surface area contributed by atoms with Crippen molar-refractivity contribution in [2.24, 2.45) is 0 Å². The van der Waals surface area contributed by atoms with E-state index in [4.69, 9.17) is 24.1 Å². The van der Waals surface area contributed by atoms with Gasteiger partial charge in [0, 0.05) is 44.7 Å². The van der Waals surface area contributed by atoms with Gasteiger partial charge in [-0.2, -0.15) is 0 Å². The number of aryl methyl sites for hydroxylation is 1. The molecule has 0 N–H and O–H groups in total. The molecule has 0 atom stereocenters. The number of pyridine rings is 1. The number of para-hydroxylation sites is 4. The van der Waals surface area contributed by atoms with E-state index in [2.05, 4.69) is 266 Å². The fourth-order valence-electron chi connectivity index (χ4n) is 12.5. The van der Waals surface area contributed by atoms with Crippen molar-refractivity contribution in [2.45, 2.75) is 86.0 Å². The molecule has 0 radical (unpaired) electrons. The average Bonchev–Trinajstić information content (AvgIpc) is 4.17. The number of fused-ring (bicyclic) bond motifs is 8. The van der Waals surface area contributed by atoms with Crippen molar-refractivity contribution in [3.63, 3.8) is 0 Å². The van der Waals surface area contributed by atoms with Crippen LogP contribution in [0.25, 0.3) is 122 Å². The van der Waals surface area contributed by atoms with E-state index in [1.807, 2.05) is 12.1 Å². The van der Waals surface area contributed by atoms with Gasteiger partial charge < -0.3 is 18.3 Å². The van der Waals surface area contributed by atoms with Gasteiger partial charge in [-0.15, -0.1) is 23.8 Å². The fourth-order valence-corrected chi connectivity index (χ4v) is 12.5. The third-order valence-corrected chi connectivity index (χ3v) is 16.6. The number of ether oxygens (including phenoxy) is 1. The molecule has 7 nitrogen and oxygen atoms in total. The zero-order valence-electron chi connectivity index (χ0n) is 48.7. The molecule has 4 heterocycles. The number of nitrogens with zero attached hydrogens (tertiary/aromatic N) is 5. The molecule has 14 rings (SSSR count). The maximum Gasteiger partial charge on any atom is 2.00 e. The minimum Gasteiger partial charge on any atom is -0.501 e. The third-order valence-electron chi connectivity index (χ3n) is 16.6. The van der Waals surface area contributed by atoms with Gasteiger partial charge in [0.1, 0.15) is 5.58 Å². The van der Waals surface area contributed by atoms with Crippen LogP contribution in [0.2, 0.25) is 0 Å². The van der Waals surface area contributed by atoms with Crippen LogP contribution >= 0.6 is 0 Å². The molecule has 14 aromatic rings. The van der Waals surface area contributed by atoms with Crippen molar-refractivity contribution in [3.8, 4) is 67.9 Å². The van der Waals surface area contributed by atoms with Gasteiger partial charge in [0.05, 0.1) is 44.8 Å². The Kier molecular flexibility index (Phi) is 14.0. The molecule has 414 valence electrons. The summed E-state index contributed by atoms with van der Waals surface area (Å²) in [6.45, 7) is 20.4. The summed E-state index contributed by atoms with van der Waals surface area (Å²) in [4.78, 5) is 16.2. The number of aromatic nitrogens is 5. The summed E-state index contributed by atoms with van der Waals surface area (Å²) in [6, 6.07) is 76.2. The monoisotopic (exact) mass is 1270 g/mol. The van der Waals surface area contributed by atoms with Crippen molar-refractivity contribution in [2.75, 3.05) is 0 Å². The van der Waals surface area contributed by atoms with Crippen LogP contribution in [0, 0.1) is 19.1 Å². The number of hydrogen-bond donors (Lipinski definition) is 0. The second-order valence-electron chi connectivity index (χ2n) is 23.4. The summed E-state index contributed by atoms with van der Waals surface area (Å²) >= 11 is 0. The molecular weight excluding hydrogens is 1210 g/mol. The zero-order chi connectivity index (χ0) is 56.8. The molecule has 84 heavy (non-hydrogen) atoms. The van der Waals surface area contributed by atoms with Crippen LogP contribution in [-0.2, 0) is 21.1 Å². The van der Waals surface area contributed by atoms with Crippen LogP contribution in [0.15, 0.2) is 199 Å². The van der Waals surface area contributed by atoms with Crippen LogP contribution in [0.4, 0.5) is 0 Å². The number of benzene rings is 10. The maximum absolute atomic E-state index is 7.21. The second kappa shape index (κ2) is 21.7. The van der Waals surface area contributed by atoms with E-state index in [1.165, 1.54) is 44.5 Å². The third kappa shape index (κ3) is 9.30. The summed E-state index contributed by atoms with van der Waals surface area (Å²) in [5.41, 5.74) is 20.5. The van der Waals surface area contributed by atoms with Crippen molar-refractivity contribution in [3.05, 3.63) is 234 Å². The van der Waals surface area contributed by atoms with Crippen molar-refractivity contribution in [1.29, 1.82) is 0 Å². The molecule has 0 saturated heterocycles. The average molecular weight is 1270 g/mol. The summed E-state index contributed by atoms with van der Waals surface area (Å²) in [5.74, 6) is 3.26. The minimum absolute atomic E-state index is 0. The van der Waals surface area contributed by atoms with E-state index in [1.54, 1.807) is 0 Å². The van der Waals surface area contributed by atoms with Gasteiger partial charge in [0.15, 0.2) is 0 Å². The normalized spacial score (nSPS) is 12.0. The van der Waals surface area contributed by atoms with Crippen LogP contribution in [0.5, 0.6) is 11.5 Å². The molecule has 8 heteroatoms.